The van der Waals surface area contributed by atoms with Gasteiger partial charge in [0, 0.05) is 24.9 Å². The van der Waals surface area contributed by atoms with Crippen LogP contribution >= 0.6 is 0 Å². The monoisotopic (exact) mass is 348 g/mol. The maximum atomic E-state index is 12.8. The van der Waals surface area contributed by atoms with Crippen LogP contribution in [-0.4, -0.2) is 36.5 Å². The maximum Gasteiger partial charge on any atom is 0.433 e. The van der Waals surface area contributed by atoms with Crippen molar-refractivity contribution in [1.82, 2.24) is 10.3 Å². The molecule has 126 valence electrons. The van der Waals surface area contributed by atoms with Gasteiger partial charge in [-0.1, -0.05) is 0 Å². The fourth-order valence-corrected chi connectivity index (χ4v) is 5.51. The number of nitrogens with one attached hydrogen (secondary N) is 1. The average Bonchev–Trinajstić information content (AvgIpc) is 2.73. The second-order valence-corrected chi connectivity index (χ2v) is 8.15. The zero-order valence-corrected chi connectivity index (χ0v) is 13.0. The number of hydrogen-bond donors (Lipinski definition) is 1. The third-order valence-corrected chi connectivity index (χ3v) is 6.73. The highest BCUT2D eigenvalue weighted by Crippen LogP contribution is 2.35. The lowest BCUT2D eigenvalue weighted by atomic mass is 10.1. The van der Waals surface area contributed by atoms with Crippen molar-refractivity contribution < 1.29 is 26.4 Å². The third kappa shape index (κ3) is 2.87. The average molecular weight is 348 g/mol. The standard InChI is InChI=1S/C14H15F3N2O3S/c1-7-11(2-3-13(18-7)14(15,16)17)23(21,22)12-5-8-4-9(20)6-10(12)19-8/h2-3,8,10,12,19H,4-6H2,1H3. The Bertz CT molecular complexity index is 761. The Balaban J connectivity index is 1.96. The molecule has 2 fully saturated rings. The number of carbonyl (C=O) groups excluding carboxylic acids is 1. The van der Waals surface area contributed by atoms with Crippen LogP contribution in [0.2, 0.25) is 0 Å². The van der Waals surface area contributed by atoms with Gasteiger partial charge in [-0.2, -0.15) is 13.2 Å². The number of aromatic nitrogens is 1. The summed E-state index contributed by atoms with van der Waals surface area (Å²) in [5.41, 5.74) is -1.29. The first-order valence-corrected chi connectivity index (χ1v) is 8.70. The first kappa shape index (κ1) is 16.4. The van der Waals surface area contributed by atoms with Gasteiger partial charge >= 0.3 is 6.18 Å². The van der Waals surface area contributed by atoms with E-state index < -0.39 is 33.0 Å². The molecule has 2 saturated heterocycles. The number of aryl methyl sites for hydroxylation is 1. The Morgan fingerprint density at radius 1 is 1.26 bits per heavy atom. The second-order valence-electron chi connectivity index (χ2n) is 6.01. The number of pyridine rings is 1. The molecular formula is C14H15F3N2O3S. The van der Waals surface area contributed by atoms with Crippen LogP contribution in [0.15, 0.2) is 17.0 Å². The van der Waals surface area contributed by atoms with E-state index in [1.165, 1.54) is 6.92 Å². The van der Waals surface area contributed by atoms with Gasteiger partial charge < -0.3 is 5.32 Å². The largest absolute Gasteiger partial charge is 0.433 e. The number of piperidine rings is 1. The molecule has 0 saturated carbocycles. The highest BCUT2D eigenvalue weighted by molar-refractivity contribution is 7.92. The Labute approximate surface area is 131 Å². The van der Waals surface area contributed by atoms with Crippen molar-refractivity contribution >= 4 is 15.6 Å². The summed E-state index contributed by atoms with van der Waals surface area (Å²) >= 11 is 0. The predicted octanol–water partition coefficient (Wildman–Crippen LogP) is 1.64. The van der Waals surface area contributed by atoms with E-state index in [0.717, 1.165) is 6.07 Å². The predicted molar refractivity (Wildman–Crippen MR) is 74.5 cm³/mol. The molecule has 1 N–H and O–H groups in total. The summed E-state index contributed by atoms with van der Waals surface area (Å²) in [4.78, 5) is 14.8. The number of fused-ring (bicyclic) bond motifs is 2. The molecule has 1 aromatic heterocycles. The SMILES string of the molecule is Cc1nc(C(F)(F)F)ccc1S(=O)(=O)C1CC2CC(=O)CC1N2. The van der Waals surface area contributed by atoms with E-state index in [1.54, 1.807) is 0 Å². The number of halogens is 3. The quantitative estimate of drug-likeness (QED) is 0.879. The molecule has 3 atom stereocenters. The molecule has 9 heteroatoms. The van der Waals surface area contributed by atoms with Gasteiger partial charge in [-0.25, -0.2) is 13.4 Å². The van der Waals surface area contributed by atoms with Gasteiger partial charge in [0.1, 0.15) is 11.5 Å². The highest BCUT2D eigenvalue weighted by Gasteiger charge is 2.47. The summed E-state index contributed by atoms with van der Waals surface area (Å²) in [6.45, 7) is 1.25. The summed E-state index contributed by atoms with van der Waals surface area (Å²) in [5, 5.41) is 2.29. The lowest BCUT2D eigenvalue weighted by Crippen LogP contribution is -2.42. The van der Waals surface area contributed by atoms with E-state index in [4.69, 9.17) is 0 Å². The van der Waals surface area contributed by atoms with E-state index >= 15 is 0 Å². The van der Waals surface area contributed by atoms with E-state index in [0.29, 0.717) is 18.9 Å². The number of carbonyl (C=O) groups is 1. The van der Waals surface area contributed by atoms with Crippen molar-refractivity contribution in [2.75, 3.05) is 0 Å². The second kappa shape index (κ2) is 5.27. The fraction of sp³-hybridized carbons (Fsp3) is 0.571. The molecule has 3 unspecified atom stereocenters. The zero-order valence-electron chi connectivity index (χ0n) is 12.2. The highest BCUT2D eigenvalue weighted by atomic mass is 32.2. The van der Waals surface area contributed by atoms with Crippen molar-refractivity contribution in [3.8, 4) is 0 Å². The van der Waals surface area contributed by atoms with Gasteiger partial charge in [-0.3, -0.25) is 4.79 Å². The third-order valence-electron chi connectivity index (χ3n) is 4.37. The molecule has 0 aromatic carbocycles. The van der Waals surface area contributed by atoms with Gasteiger partial charge in [0.15, 0.2) is 9.84 Å². The molecule has 5 nitrogen and oxygen atoms in total. The van der Waals surface area contributed by atoms with Crippen LogP contribution in [0.25, 0.3) is 0 Å². The van der Waals surface area contributed by atoms with Crippen molar-refractivity contribution in [1.29, 1.82) is 0 Å². The van der Waals surface area contributed by atoms with Crippen LogP contribution in [0.1, 0.15) is 30.7 Å². The van der Waals surface area contributed by atoms with Crippen LogP contribution in [0.3, 0.4) is 0 Å². The summed E-state index contributed by atoms with van der Waals surface area (Å²) in [5.74, 6) is 0.0127. The number of Topliss-reactive ketones (excluding diaryl/α,β-unsaturated/α-hetero) is 1. The molecule has 1 aromatic rings. The van der Waals surface area contributed by atoms with Crippen LogP contribution in [0, 0.1) is 6.92 Å². The Morgan fingerprint density at radius 2 is 1.96 bits per heavy atom. The van der Waals surface area contributed by atoms with Crippen molar-refractivity contribution in [3.05, 3.63) is 23.5 Å². The smallest absolute Gasteiger partial charge is 0.309 e. The lowest BCUT2D eigenvalue weighted by Gasteiger charge is -2.22. The molecule has 0 radical (unpaired) electrons. The first-order valence-electron chi connectivity index (χ1n) is 7.15. The van der Waals surface area contributed by atoms with Crippen molar-refractivity contribution in [2.24, 2.45) is 0 Å². The van der Waals surface area contributed by atoms with Gasteiger partial charge in [-0.05, 0) is 25.5 Å². The number of rotatable bonds is 2. The molecule has 2 aliphatic heterocycles. The molecule has 0 aliphatic carbocycles. The summed E-state index contributed by atoms with van der Waals surface area (Å²) in [7, 11) is -3.85. The molecule has 23 heavy (non-hydrogen) atoms. The number of ketones is 1. The molecular weight excluding hydrogens is 333 g/mol. The van der Waals surface area contributed by atoms with Crippen molar-refractivity contribution in [2.45, 2.75) is 54.6 Å². The number of hydrogen-bond acceptors (Lipinski definition) is 5. The summed E-state index contributed by atoms with van der Waals surface area (Å²) in [6, 6.07) is 0.987. The maximum absolute atomic E-state index is 12.8. The van der Waals surface area contributed by atoms with Gasteiger partial charge in [0.05, 0.1) is 15.8 Å². The molecule has 3 heterocycles. The summed E-state index contributed by atoms with van der Waals surface area (Å²) in [6.07, 6.45) is -3.90. The van der Waals surface area contributed by atoms with Gasteiger partial charge in [0.2, 0.25) is 0 Å². The minimum absolute atomic E-state index is 0.0127. The molecule has 2 aliphatic rings. The van der Waals surface area contributed by atoms with Crippen LogP contribution in [-0.2, 0) is 20.8 Å². The molecule has 0 spiro atoms. The molecule has 2 bridgehead atoms. The van der Waals surface area contributed by atoms with Crippen LogP contribution < -0.4 is 5.32 Å². The first-order chi connectivity index (χ1) is 10.6. The lowest BCUT2D eigenvalue weighted by molar-refractivity contribution is -0.141. The minimum atomic E-state index is -4.62. The van der Waals surface area contributed by atoms with Gasteiger partial charge in [-0.15, -0.1) is 0 Å². The van der Waals surface area contributed by atoms with Crippen molar-refractivity contribution in [3.63, 3.8) is 0 Å². The van der Waals surface area contributed by atoms with Gasteiger partial charge in [0.25, 0.3) is 0 Å². The van der Waals surface area contributed by atoms with Crippen LogP contribution in [0.5, 0.6) is 0 Å². The fourth-order valence-electron chi connectivity index (χ4n) is 3.37. The van der Waals surface area contributed by atoms with Crippen LogP contribution in [0.4, 0.5) is 13.2 Å². The van der Waals surface area contributed by atoms with E-state index in [2.05, 4.69) is 10.3 Å². The number of alkyl halides is 3. The molecule has 0 amide bonds. The summed E-state index contributed by atoms with van der Waals surface area (Å²) < 4.78 is 63.6. The molecule has 3 rings (SSSR count). The normalized spacial score (nSPS) is 28.2. The Morgan fingerprint density at radius 3 is 2.57 bits per heavy atom. The number of sulfone groups is 1. The number of nitrogens with zero attached hydrogens (tertiary/aromatic N) is 1. The topological polar surface area (TPSA) is 76.1 Å². The van der Waals surface area contributed by atoms with E-state index in [1.807, 2.05) is 0 Å². The minimum Gasteiger partial charge on any atom is -0.309 e. The van der Waals surface area contributed by atoms with E-state index in [-0.39, 0.29) is 28.8 Å². The zero-order chi connectivity index (χ0) is 17.0. The van der Waals surface area contributed by atoms with E-state index in [9.17, 15) is 26.4 Å². The Hall–Kier alpha value is -1.48. The Kier molecular flexibility index (Phi) is 3.75.